The minimum atomic E-state index is -0.172. The Morgan fingerprint density at radius 2 is 2.05 bits per heavy atom. The van der Waals surface area contributed by atoms with Crippen LogP contribution in [0.15, 0.2) is 35.4 Å². The van der Waals surface area contributed by atoms with Crippen molar-refractivity contribution in [2.45, 2.75) is 44.8 Å². The lowest BCUT2D eigenvalue weighted by Gasteiger charge is -2.38. The van der Waals surface area contributed by atoms with Gasteiger partial charge in [0.1, 0.15) is 0 Å². The first kappa shape index (κ1) is 13.3. The first-order valence-corrected chi connectivity index (χ1v) is 7.14. The summed E-state index contributed by atoms with van der Waals surface area (Å²) in [6.45, 7) is 4.83. The maximum atomic E-state index is 12.2. The van der Waals surface area contributed by atoms with Gasteiger partial charge in [0.2, 0.25) is 5.91 Å². The average molecular weight is 272 g/mol. The van der Waals surface area contributed by atoms with Gasteiger partial charge in [-0.1, -0.05) is 30.3 Å². The third-order valence-electron chi connectivity index (χ3n) is 3.93. The molecule has 0 radical (unpaired) electrons. The zero-order valence-corrected chi connectivity index (χ0v) is 12.0. The molecule has 0 aliphatic carbocycles. The number of hydrogen-bond acceptors (Lipinski definition) is 3. The minimum absolute atomic E-state index is 0.103. The number of nitrogens with zero attached hydrogens (tertiary/aromatic N) is 2. The van der Waals surface area contributed by atoms with Gasteiger partial charge in [-0.05, 0) is 32.3 Å². The second-order valence-corrected chi connectivity index (χ2v) is 6.08. The van der Waals surface area contributed by atoms with Gasteiger partial charge in [0.25, 0.3) is 0 Å². The highest BCUT2D eigenvalue weighted by Gasteiger charge is 2.37. The van der Waals surface area contributed by atoms with Crippen molar-refractivity contribution >= 4 is 11.6 Å². The van der Waals surface area contributed by atoms with Gasteiger partial charge in [0, 0.05) is 6.61 Å². The Kier molecular flexibility index (Phi) is 3.34. The van der Waals surface area contributed by atoms with Gasteiger partial charge in [0.05, 0.1) is 23.8 Å². The van der Waals surface area contributed by atoms with E-state index < -0.39 is 0 Å². The van der Waals surface area contributed by atoms with Crippen LogP contribution in [0.1, 0.15) is 38.7 Å². The van der Waals surface area contributed by atoms with Gasteiger partial charge in [-0.25, -0.2) is 5.01 Å². The van der Waals surface area contributed by atoms with E-state index in [0.29, 0.717) is 13.0 Å². The molecule has 3 rings (SSSR count). The van der Waals surface area contributed by atoms with Gasteiger partial charge < -0.3 is 4.74 Å². The number of hydrazone groups is 1. The number of carbonyl (C=O) groups is 1. The Hall–Kier alpha value is -1.68. The maximum absolute atomic E-state index is 12.2. The molecule has 0 saturated carbocycles. The molecule has 1 aromatic rings. The third-order valence-corrected chi connectivity index (χ3v) is 3.93. The Labute approximate surface area is 119 Å². The standard InChI is InChI=1S/C16H20N2O2/c1-16(2)11-13(8-9-20-16)18-15(19)10-14(17-18)12-6-4-3-5-7-12/h3-7,13H,8-11H2,1-2H3/t13-/m1/s1. The summed E-state index contributed by atoms with van der Waals surface area (Å²) in [6, 6.07) is 10.1. The molecule has 2 aliphatic heterocycles. The molecule has 4 nitrogen and oxygen atoms in total. The molecule has 0 spiro atoms. The van der Waals surface area contributed by atoms with Gasteiger partial charge in [-0.15, -0.1) is 0 Å². The van der Waals surface area contributed by atoms with Crippen molar-refractivity contribution in [3.8, 4) is 0 Å². The number of ether oxygens (including phenoxy) is 1. The van der Waals surface area contributed by atoms with E-state index in [2.05, 4.69) is 18.9 Å². The predicted octanol–water partition coefficient (Wildman–Crippen LogP) is 2.58. The van der Waals surface area contributed by atoms with Crippen molar-refractivity contribution in [3.05, 3.63) is 35.9 Å². The molecule has 2 aliphatic rings. The second kappa shape index (κ2) is 5.02. The van der Waals surface area contributed by atoms with Crippen LogP contribution < -0.4 is 0 Å². The monoisotopic (exact) mass is 272 g/mol. The van der Waals surface area contributed by atoms with E-state index in [-0.39, 0.29) is 17.6 Å². The molecule has 1 saturated heterocycles. The van der Waals surface area contributed by atoms with Crippen molar-refractivity contribution in [2.24, 2.45) is 5.10 Å². The summed E-state index contributed by atoms with van der Waals surface area (Å²) >= 11 is 0. The highest BCUT2D eigenvalue weighted by molar-refractivity contribution is 6.13. The molecule has 1 atom stereocenters. The lowest BCUT2D eigenvalue weighted by Crippen LogP contribution is -2.44. The number of carbonyl (C=O) groups excluding carboxylic acids is 1. The molecular formula is C16H20N2O2. The van der Waals surface area contributed by atoms with Crippen LogP contribution in [-0.4, -0.2) is 34.9 Å². The molecule has 4 heteroatoms. The van der Waals surface area contributed by atoms with Gasteiger partial charge in [-0.3, -0.25) is 4.79 Å². The largest absolute Gasteiger partial charge is 0.375 e. The normalized spacial score (nSPS) is 25.7. The topological polar surface area (TPSA) is 41.9 Å². The fraction of sp³-hybridized carbons (Fsp3) is 0.500. The molecule has 106 valence electrons. The summed E-state index contributed by atoms with van der Waals surface area (Å²) < 4.78 is 5.72. The van der Waals surface area contributed by atoms with E-state index in [9.17, 15) is 4.79 Å². The lowest BCUT2D eigenvalue weighted by molar-refractivity contribution is -0.137. The molecule has 2 heterocycles. The molecule has 0 bridgehead atoms. The summed E-state index contributed by atoms with van der Waals surface area (Å²) in [5.41, 5.74) is 1.74. The van der Waals surface area contributed by atoms with Crippen LogP contribution >= 0.6 is 0 Å². The molecule has 1 aromatic carbocycles. The molecule has 0 unspecified atom stereocenters. The second-order valence-electron chi connectivity index (χ2n) is 6.08. The summed E-state index contributed by atoms with van der Waals surface area (Å²) in [4.78, 5) is 12.2. The van der Waals surface area contributed by atoms with Crippen molar-refractivity contribution in [1.29, 1.82) is 0 Å². The highest BCUT2D eigenvalue weighted by atomic mass is 16.5. The van der Waals surface area contributed by atoms with E-state index in [1.54, 1.807) is 5.01 Å². The van der Waals surface area contributed by atoms with Crippen LogP contribution in [0.25, 0.3) is 0 Å². The van der Waals surface area contributed by atoms with Crippen molar-refractivity contribution in [1.82, 2.24) is 5.01 Å². The molecule has 0 aromatic heterocycles. The van der Waals surface area contributed by atoms with E-state index in [0.717, 1.165) is 24.1 Å². The predicted molar refractivity (Wildman–Crippen MR) is 77.5 cm³/mol. The van der Waals surface area contributed by atoms with Crippen LogP contribution in [0, 0.1) is 0 Å². The van der Waals surface area contributed by atoms with Gasteiger partial charge >= 0.3 is 0 Å². The number of rotatable bonds is 2. The van der Waals surface area contributed by atoms with E-state index in [1.807, 2.05) is 30.3 Å². The van der Waals surface area contributed by atoms with Gasteiger partial charge in [-0.2, -0.15) is 5.10 Å². The number of amides is 1. The fourth-order valence-electron chi connectivity index (χ4n) is 2.93. The number of hydrogen-bond donors (Lipinski definition) is 0. The third kappa shape index (κ3) is 2.61. The first-order valence-electron chi connectivity index (χ1n) is 7.14. The van der Waals surface area contributed by atoms with E-state index in [1.165, 1.54) is 0 Å². The van der Waals surface area contributed by atoms with Crippen molar-refractivity contribution in [2.75, 3.05) is 6.61 Å². The summed E-state index contributed by atoms with van der Waals surface area (Å²) in [5, 5.41) is 6.26. The smallest absolute Gasteiger partial charge is 0.249 e. The van der Waals surface area contributed by atoms with E-state index in [4.69, 9.17) is 4.74 Å². The van der Waals surface area contributed by atoms with E-state index >= 15 is 0 Å². The van der Waals surface area contributed by atoms with Crippen molar-refractivity contribution in [3.63, 3.8) is 0 Å². The summed E-state index contributed by atoms with van der Waals surface area (Å²) in [5.74, 6) is 0.103. The van der Waals surface area contributed by atoms with Crippen LogP contribution in [0.3, 0.4) is 0 Å². The molecule has 1 fully saturated rings. The minimum Gasteiger partial charge on any atom is -0.375 e. The SMILES string of the molecule is CC1(C)C[C@H](N2N=C(c3ccccc3)CC2=O)CCO1. The lowest BCUT2D eigenvalue weighted by atomic mass is 9.93. The van der Waals surface area contributed by atoms with Crippen LogP contribution in [0.2, 0.25) is 0 Å². The number of benzene rings is 1. The van der Waals surface area contributed by atoms with Crippen LogP contribution in [0.5, 0.6) is 0 Å². The summed E-state index contributed by atoms with van der Waals surface area (Å²) in [6.07, 6.45) is 2.10. The Morgan fingerprint density at radius 1 is 1.30 bits per heavy atom. The van der Waals surface area contributed by atoms with Crippen molar-refractivity contribution < 1.29 is 9.53 Å². The highest BCUT2D eigenvalue weighted by Crippen LogP contribution is 2.30. The zero-order valence-electron chi connectivity index (χ0n) is 12.0. The zero-order chi connectivity index (χ0) is 14.2. The maximum Gasteiger partial charge on any atom is 0.249 e. The Balaban J connectivity index is 1.80. The molecule has 20 heavy (non-hydrogen) atoms. The molecule has 0 N–H and O–H groups in total. The Bertz CT molecular complexity index is 537. The fourth-order valence-corrected chi connectivity index (χ4v) is 2.93. The molecule has 1 amide bonds. The van der Waals surface area contributed by atoms with Gasteiger partial charge in [0.15, 0.2) is 0 Å². The molecular weight excluding hydrogens is 252 g/mol. The van der Waals surface area contributed by atoms with Crippen LogP contribution in [-0.2, 0) is 9.53 Å². The first-order chi connectivity index (χ1) is 9.55. The quantitative estimate of drug-likeness (QED) is 0.830. The summed E-state index contributed by atoms with van der Waals surface area (Å²) in [7, 11) is 0. The average Bonchev–Trinajstić information content (AvgIpc) is 2.81. The van der Waals surface area contributed by atoms with Crippen LogP contribution in [0.4, 0.5) is 0 Å². The Morgan fingerprint density at radius 3 is 2.75 bits per heavy atom.